The van der Waals surface area contributed by atoms with Gasteiger partial charge in [0.2, 0.25) is 0 Å². The molecule has 0 bridgehead atoms. The average Bonchev–Trinajstić information content (AvgIpc) is 3.59. The highest BCUT2D eigenvalue weighted by molar-refractivity contribution is 6.08. The first-order chi connectivity index (χ1) is 32.3. The number of alkyl halides is 18. The number of halogens is 26. The first-order valence-corrected chi connectivity index (χ1v) is 18.4. The number of anilines is 6. The Morgan fingerprint density at radius 3 is 0.803 bits per heavy atom. The second kappa shape index (κ2) is 16.8. The smallest absolute Gasteiger partial charge is 0.422 e. The normalized spacial score (nSPS) is 13.2. The second-order valence-electron chi connectivity index (χ2n) is 14.6. The molecule has 0 aliphatic rings. The predicted octanol–water partition coefficient (Wildman–Crippen LogP) is 17.8. The molecule has 0 atom stereocenters. The summed E-state index contributed by atoms with van der Waals surface area (Å²) in [6.45, 7) is 0. The van der Waals surface area contributed by atoms with Crippen molar-refractivity contribution in [3.05, 3.63) is 153 Å². The molecule has 0 spiro atoms. The summed E-state index contributed by atoms with van der Waals surface area (Å²) in [5, 5.41) is -1.60. The minimum atomic E-state index is -6.34. The SMILES string of the molecule is Fc1c(F)c(C(F)(F)F)c(F)c(F)c1N(c1ccc2oc3ccc(N(c4cc(C(F)(F)F)cc(C(F)(F)F)c4)c4cc(C(F)(F)F)cc(C(F)(F)F)c4)cc3c2c1)c1c(F)c(F)c(C(F)(F)F)c(F)c1F. The number of hydrogen-bond donors (Lipinski definition) is 0. The molecule has 71 heavy (non-hydrogen) atoms. The van der Waals surface area contributed by atoms with Gasteiger partial charge < -0.3 is 9.32 Å². The van der Waals surface area contributed by atoms with E-state index in [9.17, 15) is 79.0 Å². The maximum atomic E-state index is 15.7. The molecule has 0 N–H and O–H groups in total. The van der Waals surface area contributed by atoms with Gasteiger partial charge >= 0.3 is 37.1 Å². The molecule has 0 radical (unpaired) electrons. The molecule has 1 aromatic heterocycles. The summed E-state index contributed by atoms with van der Waals surface area (Å²) in [5.41, 5.74) is -27.9. The van der Waals surface area contributed by atoms with E-state index in [0.717, 1.165) is 0 Å². The largest absolute Gasteiger partial charge is 0.456 e. The van der Waals surface area contributed by atoms with Gasteiger partial charge in [-0.2, -0.15) is 79.0 Å². The van der Waals surface area contributed by atoms with Crippen LogP contribution in [0.2, 0.25) is 0 Å². The van der Waals surface area contributed by atoms with Crippen molar-refractivity contribution in [2.24, 2.45) is 0 Å². The third-order valence-electron chi connectivity index (χ3n) is 10.1. The molecule has 1 heterocycles. The van der Waals surface area contributed by atoms with Crippen molar-refractivity contribution < 1.29 is 119 Å². The molecular weight excluding hydrogens is 1040 g/mol. The highest BCUT2D eigenvalue weighted by Crippen LogP contribution is 2.51. The summed E-state index contributed by atoms with van der Waals surface area (Å²) in [6, 6.07) is 1.07. The standard InChI is InChI=1S/C42H12F26N2O/c43-27-25(41(63,64)65)28(44)32(48)35(31(27)47)70(36-33(49)29(45)26(42(66,67)68)30(46)34(36)50)18-2-4-24-22(12-18)21-11-17(1-3-23(21)71-24)69(19-7-13(37(51,52)53)5-14(8-19)38(54,55)56)20-9-15(39(57,58)59)6-16(10-20)40(60,61)62/h1-12H. The third kappa shape index (κ3) is 9.24. The summed E-state index contributed by atoms with van der Waals surface area (Å²) < 4.78 is 379. The van der Waals surface area contributed by atoms with E-state index in [1.54, 1.807) is 0 Å². The van der Waals surface area contributed by atoms with Crippen LogP contribution in [0.3, 0.4) is 0 Å². The van der Waals surface area contributed by atoms with Crippen LogP contribution in [-0.4, -0.2) is 0 Å². The lowest BCUT2D eigenvalue weighted by Crippen LogP contribution is -2.24. The number of benzene rings is 6. The first kappa shape index (κ1) is 51.7. The minimum Gasteiger partial charge on any atom is -0.456 e. The van der Waals surface area contributed by atoms with Crippen LogP contribution in [0, 0.1) is 46.5 Å². The monoisotopic (exact) mass is 1050 g/mol. The van der Waals surface area contributed by atoms with E-state index >= 15 is 35.1 Å². The van der Waals surface area contributed by atoms with Crippen LogP contribution in [-0.2, 0) is 37.1 Å². The van der Waals surface area contributed by atoms with Crippen molar-refractivity contribution >= 4 is 56.1 Å². The Morgan fingerprint density at radius 1 is 0.282 bits per heavy atom. The summed E-state index contributed by atoms with van der Waals surface area (Å²) >= 11 is 0. The zero-order valence-electron chi connectivity index (χ0n) is 33.1. The Hall–Kier alpha value is -7.10. The van der Waals surface area contributed by atoms with Crippen LogP contribution in [0.25, 0.3) is 21.9 Å². The van der Waals surface area contributed by atoms with Crippen molar-refractivity contribution in [3.8, 4) is 0 Å². The van der Waals surface area contributed by atoms with Crippen LogP contribution >= 0.6 is 0 Å². The predicted molar refractivity (Wildman–Crippen MR) is 193 cm³/mol. The summed E-state index contributed by atoms with van der Waals surface area (Å²) in [5.74, 6) is -26.9. The van der Waals surface area contributed by atoms with Crippen molar-refractivity contribution in [2.45, 2.75) is 37.1 Å². The molecule has 7 rings (SSSR count). The van der Waals surface area contributed by atoms with Gasteiger partial charge in [-0.1, -0.05) is 0 Å². The van der Waals surface area contributed by atoms with Gasteiger partial charge in [-0.3, -0.25) is 4.90 Å². The van der Waals surface area contributed by atoms with Crippen LogP contribution in [0.4, 0.5) is 148 Å². The molecule has 29 heteroatoms. The average molecular weight is 1050 g/mol. The summed E-state index contributed by atoms with van der Waals surface area (Å²) in [6.07, 6.45) is -35.6. The van der Waals surface area contributed by atoms with E-state index < -0.39 is 190 Å². The molecule has 0 unspecified atom stereocenters. The Bertz CT molecular complexity index is 3000. The second-order valence-corrected chi connectivity index (χ2v) is 14.6. The Morgan fingerprint density at radius 2 is 0.549 bits per heavy atom. The molecule has 7 aromatic rings. The topological polar surface area (TPSA) is 19.6 Å². The molecular formula is C42H12F26N2O. The number of furan rings is 1. The molecule has 0 aliphatic heterocycles. The first-order valence-electron chi connectivity index (χ1n) is 18.4. The van der Waals surface area contributed by atoms with Crippen LogP contribution in [0.15, 0.2) is 77.2 Å². The van der Waals surface area contributed by atoms with E-state index in [4.69, 9.17) is 4.42 Å². The third-order valence-corrected chi connectivity index (χ3v) is 10.1. The number of rotatable bonds is 6. The Kier molecular flexibility index (Phi) is 12.2. The van der Waals surface area contributed by atoms with Crippen molar-refractivity contribution in [1.29, 1.82) is 0 Å². The quantitative estimate of drug-likeness (QED) is 0.122. The van der Waals surface area contributed by atoms with Gasteiger partial charge in [0, 0.05) is 33.5 Å². The lowest BCUT2D eigenvalue weighted by molar-refractivity contribution is -0.144. The van der Waals surface area contributed by atoms with Crippen LogP contribution in [0.1, 0.15) is 33.4 Å². The molecule has 0 aliphatic carbocycles. The maximum Gasteiger partial charge on any atom is 0.422 e. The van der Waals surface area contributed by atoms with Gasteiger partial charge in [0.15, 0.2) is 46.5 Å². The fraction of sp³-hybridized carbons (Fsp3) is 0.143. The summed E-state index contributed by atoms with van der Waals surface area (Å²) in [4.78, 5) is -1.04. The molecule has 0 saturated carbocycles. The van der Waals surface area contributed by atoms with E-state index in [1.807, 2.05) is 0 Å². The van der Waals surface area contributed by atoms with Gasteiger partial charge in [-0.25, -0.2) is 35.1 Å². The van der Waals surface area contributed by atoms with E-state index in [0.29, 0.717) is 24.3 Å². The molecule has 378 valence electrons. The molecule has 3 nitrogen and oxygen atoms in total. The van der Waals surface area contributed by atoms with Crippen molar-refractivity contribution in [1.82, 2.24) is 0 Å². The van der Waals surface area contributed by atoms with Gasteiger partial charge in [0.05, 0.1) is 22.3 Å². The molecule has 0 amide bonds. The maximum absolute atomic E-state index is 15.7. The highest BCUT2D eigenvalue weighted by atomic mass is 19.4. The van der Waals surface area contributed by atoms with Crippen LogP contribution < -0.4 is 9.80 Å². The van der Waals surface area contributed by atoms with Gasteiger partial charge in [0.1, 0.15) is 33.7 Å². The minimum absolute atomic E-state index is 0.0274. The lowest BCUT2D eigenvalue weighted by Gasteiger charge is -2.29. The van der Waals surface area contributed by atoms with E-state index in [2.05, 4.69) is 0 Å². The molecule has 0 fully saturated rings. The van der Waals surface area contributed by atoms with Gasteiger partial charge in [-0.15, -0.1) is 0 Å². The fourth-order valence-corrected chi connectivity index (χ4v) is 7.11. The van der Waals surface area contributed by atoms with Gasteiger partial charge in [0.25, 0.3) is 0 Å². The lowest BCUT2D eigenvalue weighted by atomic mass is 10.0. The zero-order chi connectivity index (χ0) is 53.2. The number of hydrogen-bond acceptors (Lipinski definition) is 3. The van der Waals surface area contributed by atoms with E-state index in [1.165, 1.54) is 0 Å². The summed E-state index contributed by atoms with van der Waals surface area (Å²) in [7, 11) is 0. The molecule has 6 aromatic carbocycles. The van der Waals surface area contributed by atoms with E-state index in [-0.39, 0.29) is 41.3 Å². The Balaban J connectivity index is 1.59. The number of fused-ring (bicyclic) bond motifs is 3. The van der Waals surface area contributed by atoms with Crippen molar-refractivity contribution in [2.75, 3.05) is 9.80 Å². The fourth-order valence-electron chi connectivity index (χ4n) is 7.11. The highest BCUT2D eigenvalue weighted by Gasteiger charge is 2.47. The number of nitrogens with zero attached hydrogens (tertiary/aromatic N) is 2. The van der Waals surface area contributed by atoms with Crippen molar-refractivity contribution in [3.63, 3.8) is 0 Å². The Labute approximate surface area is 374 Å². The molecule has 0 saturated heterocycles. The van der Waals surface area contributed by atoms with Crippen LogP contribution in [0.5, 0.6) is 0 Å². The zero-order valence-corrected chi connectivity index (χ0v) is 33.1. The van der Waals surface area contributed by atoms with Gasteiger partial charge in [-0.05, 0) is 72.8 Å².